The van der Waals surface area contributed by atoms with E-state index < -0.39 is 12.3 Å². The number of carbonyl (C=O) groups is 1. The van der Waals surface area contributed by atoms with Crippen LogP contribution in [0.2, 0.25) is 0 Å². The predicted molar refractivity (Wildman–Crippen MR) is 49.3 cm³/mol. The van der Waals surface area contributed by atoms with Crippen molar-refractivity contribution in [3.8, 4) is 0 Å². The molecule has 82 valence electrons. The van der Waals surface area contributed by atoms with E-state index in [9.17, 15) is 4.79 Å². The van der Waals surface area contributed by atoms with Crippen molar-refractivity contribution in [2.45, 2.75) is 20.1 Å². The number of carbonyl (C=O) groups excluding carboxylic acids is 1. The van der Waals surface area contributed by atoms with Crippen LogP contribution < -0.4 is 0 Å². The Morgan fingerprint density at radius 1 is 1.50 bits per heavy atom. The lowest BCUT2D eigenvalue weighted by Gasteiger charge is -2.11. The van der Waals surface area contributed by atoms with Gasteiger partial charge in [0.15, 0.2) is 6.29 Å². The molecule has 0 aromatic heterocycles. The lowest BCUT2D eigenvalue weighted by molar-refractivity contribution is -0.344. The number of rotatable bonds is 8. The minimum absolute atomic E-state index is 0.390. The van der Waals surface area contributed by atoms with Crippen LogP contribution in [0.1, 0.15) is 13.8 Å². The Hall–Kier alpha value is -0.910. The second kappa shape index (κ2) is 8.68. The summed E-state index contributed by atoms with van der Waals surface area (Å²) in [6.07, 6.45) is 0.395. The highest BCUT2D eigenvalue weighted by Crippen LogP contribution is 1.95. The topological polar surface area (TPSA) is 54.0 Å². The lowest BCUT2D eigenvalue weighted by atomic mass is 10.7. The third-order valence-electron chi connectivity index (χ3n) is 1.22. The summed E-state index contributed by atoms with van der Waals surface area (Å²) in [7, 11) is 0. The van der Waals surface area contributed by atoms with Gasteiger partial charge in [-0.25, -0.2) is 4.79 Å². The maximum absolute atomic E-state index is 10.5. The molecule has 0 bridgehead atoms. The van der Waals surface area contributed by atoms with E-state index in [1.54, 1.807) is 6.92 Å². The van der Waals surface area contributed by atoms with Crippen LogP contribution in [0.25, 0.3) is 0 Å². The van der Waals surface area contributed by atoms with E-state index in [-0.39, 0.29) is 0 Å². The quantitative estimate of drug-likeness (QED) is 0.194. The van der Waals surface area contributed by atoms with Gasteiger partial charge in [0, 0.05) is 12.7 Å². The van der Waals surface area contributed by atoms with Gasteiger partial charge in [-0.05, 0) is 13.8 Å². The highest BCUT2D eigenvalue weighted by atomic mass is 17.2. The lowest BCUT2D eigenvalue weighted by Crippen LogP contribution is -2.18. The Labute approximate surface area is 83.5 Å². The molecule has 0 aromatic carbocycles. The first-order valence-electron chi connectivity index (χ1n) is 4.39. The fourth-order valence-corrected chi connectivity index (χ4v) is 0.594. The van der Waals surface area contributed by atoms with Crippen LogP contribution in [0.3, 0.4) is 0 Å². The molecule has 5 nitrogen and oxygen atoms in total. The van der Waals surface area contributed by atoms with Crippen LogP contribution in [0.4, 0.5) is 0 Å². The molecule has 0 fully saturated rings. The van der Waals surface area contributed by atoms with Gasteiger partial charge in [0.1, 0.15) is 0 Å². The van der Waals surface area contributed by atoms with Crippen molar-refractivity contribution >= 4 is 5.97 Å². The zero-order valence-corrected chi connectivity index (χ0v) is 8.52. The molecule has 5 heteroatoms. The van der Waals surface area contributed by atoms with E-state index in [4.69, 9.17) is 9.47 Å². The second-order valence-corrected chi connectivity index (χ2v) is 2.34. The standard InChI is InChI=1S/C9H16O5/c1-4-9(10)14-13-8(3)12-7-6-11-5-2/h4,8H,1,5-7H2,2-3H3. The summed E-state index contributed by atoms with van der Waals surface area (Å²) in [6.45, 7) is 8.24. The number of hydrogen-bond acceptors (Lipinski definition) is 5. The van der Waals surface area contributed by atoms with E-state index >= 15 is 0 Å². The summed E-state index contributed by atoms with van der Waals surface area (Å²) < 4.78 is 10.1. The molecule has 0 rings (SSSR count). The Bertz CT molecular complexity index is 169. The molecule has 14 heavy (non-hydrogen) atoms. The van der Waals surface area contributed by atoms with Crippen molar-refractivity contribution in [3.63, 3.8) is 0 Å². The van der Waals surface area contributed by atoms with Gasteiger partial charge in [-0.15, -0.1) is 0 Å². The van der Waals surface area contributed by atoms with Gasteiger partial charge in [-0.1, -0.05) is 6.58 Å². The van der Waals surface area contributed by atoms with Crippen LogP contribution in [0.5, 0.6) is 0 Å². The van der Waals surface area contributed by atoms with Gasteiger partial charge >= 0.3 is 5.97 Å². The highest BCUT2D eigenvalue weighted by molar-refractivity contribution is 5.80. The summed E-state index contributed by atoms with van der Waals surface area (Å²) in [5.74, 6) is -0.648. The summed E-state index contributed by atoms with van der Waals surface area (Å²) in [6, 6.07) is 0. The van der Waals surface area contributed by atoms with Crippen LogP contribution in [0, 0.1) is 0 Å². The van der Waals surface area contributed by atoms with Crippen molar-refractivity contribution in [3.05, 3.63) is 12.7 Å². The minimum atomic E-state index is -0.648. The van der Waals surface area contributed by atoms with Gasteiger partial charge in [-0.3, -0.25) is 4.89 Å². The zero-order chi connectivity index (χ0) is 10.8. The Morgan fingerprint density at radius 3 is 2.79 bits per heavy atom. The third kappa shape index (κ3) is 7.72. The number of ether oxygens (including phenoxy) is 2. The molecule has 0 aliphatic carbocycles. The molecule has 0 aliphatic heterocycles. The smallest absolute Gasteiger partial charge is 0.365 e. The van der Waals surface area contributed by atoms with E-state index in [1.807, 2.05) is 6.92 Å². The molecular weight excluding hydrogens is 188 g/mol. The van der Waals surface area contributed by atoms with Crippen LogP contribution in [0.15, 0.2) is 12.7 Å². The largest absolute Gasteiger partial charge is 0.379 e. The van der Waals surface area contributed by atoms with Gasteiger partial charge in [-0.2, -0.15) is 4.89 Å². The molecule has 0 N–H and O–H groups in total. The van der Waals surface area contributed by atoms with Crippen LogP contribution in [-0.2, 0) is 24.0 Å². The fraction of sp³-hybridized carbons (Fsp3) is 0.667. The predicted octanol–water partition coefficient (Wildman–Crippen LogP) is 1.05. The maximum atomic E-state index is 10.5. The summed E-state index contributed by atoms with van der Waals surface area (Å²) in [5, 5.41) is 0. The first kappa shape index (κ1) is 13.1. The van der Waals surface area contributed by atoms with Crippen molar-refractivity contribution in [1.82, 2.24) is 0 Å². The second-order valence-electron chi connectivity index (χ2n) is 2.34. The van der Waals surface area contributed by atoms with Gasteiger partial charge in [0.05, 0.1) is 13.2 Å². The van der Waals surface area contributed by atoms with Crippen molar-refractivity contribution in [2.75, 3.05) is 19.8 Å². The minimum Gasteiger partial charge on any atom is -0.379 e. The van der Waals surface area contributed by atoms with Gasteiger partial charge < -0.3 is 9.47 Å². The third-order valence-corrected chi connectivity index (χ3v) is 1.22. The molecule has 0 radical (unpaired) electrons. The molecule has 0 saturated heterocycles. The van der Waals surface area contributed by atoms with Crippen molar-refractivity contribution < 1.29 is 24.0 Å². The number of hydrogen-bond donors (Lipinski definition) is 0. The van der Waals surface area contributed by atoms with Gasteiger partial charge in [0.2, 0.25) is 0 Å². The molecule has 1 unspecified atom stereocenters. The monoisotopic (exact) mass is 204 g/mol. The average molecular weight is 204 g/mol. The molecule has 0 aliphatic rings. The maximum Gasteiger partial charge on any atom is 0.365 e. The Balaban J connectivity index is 3.31. The van der Waals surface area contributed by atoms with Crippen molar-refractivity contribution in [2.24, 2.45) is 0 Å². The first-order chi connectivity index (χ1) is 6.70. The molecule has 0 saturated carbocycles. The fourth-order valence-electron chi connectivity index (χ4n) is 0.594. The van der Waals surface area contributed by atoms with Crippen LogP contribution >= 0.6 is 0 Å². The van der Waals surface area contributed by atoms with E-state index in [0.717, 1.165) is 6.08 Å². The van der Waals surface area contributed by atoms with Crippen LogP contribution in [-0.4, -0.2) is 32.1 Å². The first-order valence-corrected chi connectivity index (χ1v) is 4.39. The Kier molecular flexibility index (Phi) is 8.11. The molecule has 0 amide bonds. The summed E-state index contributed by atoms with van der Waals surface area (Å²) in [4.78, 5) is 19.4. The molecular formula is C9H16O5. The summed E-state index contributed by atoms with van der Waals surface area (Å²) in [5.41, 5.74) is 0. The van der Waals surface area contributed by atoms with Gasteiger partial charge in [0.25, 0.3) is 0 Å². The average Bonchev–Trinajstić information content (AvgIpc) is 2.21. The molecule has 0 spiro atoms. The SMILES string of the molecule is C=CC(=O)OOC(C)OCCOCC. The normalized spacial score (nSPS) is 12.1. The molecule has 0 aromatic rings. The van der Waals surface area contributed by atoms with E-state index in [0.29, 0.717) is 19.8 Å². The molecule has 1 atom stereocenters. The van der Waals surface area contributed by atoms with E-state index in [1.165, 1.54) is 0 Å². The zero-order valence-electron chi connectivity index (χ0n) is 8.52. The Morgan fingerprint density at radius 2 is 2.21 bits per heavy atom. The molecule has 0 heterocycles. The summed E-state index contributed by atoms with van der Waals surface area (Å²) >= 11 is 0. The van der Waals surface area contributed by atoms with Crippen molar-refractivity contribution in [1.29, 1.82) is 0 Å². The van der Waals surface area contributed by atoms with E-state index in [2.05, 4.69) is 16.4 Å². The highest BCUT2D eigenvalue weighted by Gasteiger charge is 2.05.